The largest absolute Gasteiger partial charge is 0.493 e. The van der Waals surface area contributed by atoms with Gasteiger partial charge in [-0.3, -0.25) is 4.79 Å². The molecule has 1 amide bonds. The maximum Gasteiger partial charge on any atom is 0.262 e. The number of carbonyl (C=O) groups is 1. The van der Waals surface area contributed by atoms with E-state index in [0.29, 0.717) is 17.1 Å². The van der Waals surface area contributed by atoms with E-state index in [1.165, 1.54) is 31.4 Å². The standard InChI is InChI=1S/C17H15FN2O3/c1-11-3-5-13(18)14(7-11)20-17(21)10-23-15-6-4-12(9-19)8-16(15)22-2/h3-8H,10H2,1-2H3,(H,20,21). The highest BCUT2D eigenvalue weighted by atomic mass is 19.1. The van der Waals surface area contributed by atoms with Crippen LogP contribution in [0.1, 0.15) is 11.1 Å². The molecule has 0 radical (unpaired) electrons. The third kappa shape index (κ3) is 4.20. The van der Waals surface area contributed by atoms with Crippen molar-refractivity contribution in [2.24, 2.45) is 0 Å². The first kappa shape index (κ1) is 16.3. The van der Waals surface area contributed by atoms with Gasteiger partial charge in [-0.15, -0.1) is 0 Å². The molecule has 0 aromatic heterocycles. The van der Waals surface area contributed by atoms with Gasteiger partial charge >= 0.3 is 0 Å². The molecule has 0 aliphatic heterocycles. The SMILES string of the molecule is COc1cc(C#N)ccc1OCC(=O)Nc1cc(C)ccc1F. The first-order chi connectivity index (χ1) is 11.0. The van der Waals surface area contributed by atoms with E-state index in [-0.39, 0.29) is 12.3 Å². The number of amides is 1. The van der Waals surface area contributed by atoms with E-state index in [9.17, 15) is 9.18 Å². The smallest absolute Gasteiger partial charge is 0.262 e. The minimum atomic E-state index is -0.514. The van der Waals surface area contributed by atoms with Crippen molar-refractivity contribution in [2.75, 3.05) is 19.0 Å². The van der Waals surface area contributed by atoms with Gasteiger partial charge in [0.2, 0.25) is 0 Å². The number of hydrogen-bond donors (Lipinski definition) is 1. The van der Waals surface area contributed by atoms with E-state index in [4.69, 9.17) is 14.7 Å². The molecule has 2 rings (SSSR count). The zero-order valence-corrected chi connectivity index (χ0v) is 12.7. The summed E-state index contributed by atoms with van der Waals surface area (Å²) in [5.74, 6) is -0.342. The number of hydrogen-bond acceptors (Lipinski definition) is 4. The molecule has 6 heteroatoms. The van der Waals surface area contributed by atoms with Gasteiger partial charge in [0.05, 0.1) is 24.4 Å². The van der Waals surface area contributed by atoms with E-state index < -0.39 is 11.7 Å². The van der Waals surface area contributed by atoms with Crippen molar-refractivity contribution in [2.45, 2.75) is 6.92 Å². The highest BCUT2D eigenvalue weighted by Gasteiger charge is 2.11. The first-order valence-corrected chi connectivity index (χ1v) is 6.80. The quantitative estimate of drug-likeness (QED) is 0.921. The van der Waals surface area contributed by atoms with Crippen molar-refractivity contribution in [3.05, 3.63) is 53.3 Å². The van der Waals surface area contributed by atoms with Crippen LogP contribution in [0.4, 0.5) is 10.1 Å². The number of halogens is 1. The average Bonchev–Trinajstić information content (AvgIpc) is 2.56. The van der Waals surface area contributed by atoms with Gasteiger partial charge in [0, 0.05) is 6.07 Å². The predicted molar refractivity (Wildman–Crippen MR) is 83.0 cm³/mol. The van der Waals surface area contributed by atoms with Crippen LogP contribution in [-0.2, 0) is 4.79 Å². The third-order valence-corrected chi connectivity index (χ3v) is 3.05. The van der Waals surface area contributed by atoms with E-state index >= 15 is 0 Å². The zero-order chi connectivity index (χ0) is 16.8. The Kier molecular flexibility index (Phi) is 5.15. The van der Waals surface area contributed by atoms with E-state index in [0.717, 1.165) is 5.56 Å². The van der Waals surface area contributed by atoms with Gasteiger partial charge in [0.1, 0.15) is 5.82 Å². The molecule has 0 fully saturated rings. The first-order valence-electron chi connectivity index (χ1n) is 6.80. The number of nitriles is 1. The molecule has 2 aromatic rings. The summed E-state index contributed by atoms with van der Waals surface area (Å²) in [5.41, 5.74) is 1.35. The monoisotopic (exact) mass is 314 g/mol. The highest BCUT2D eigenvalue weighted by Crippen LogP contribution is 2.27. The number of nitrogens with one attached hydrogen (secondary N) is 1. The molecule has 0 saturated heterocycles. The van der Waals surface area contributed by atoms with Gasteiger partial charge in [-0.2, -0.15) is 5.26 Å². The number of rotatable bonds is 5. The summed E-state index contributed by atoms with van der Waals surface area (Å²) in [6, 6.07) is 11.0. The molecule has 5 nitrogen and oxygen atoms in total. The topological polar surface area (TPSA) is 71.3 Å². The number of benzene rings is 2. The molecule has 0 bridgehead atoms. The summed E-state index contributed by atoms with van der Waals surface area (Å²) in [7, 11) is 1.44. The van der Waals surface area contributed by atoms with Crippen molar-refractivity contribution in [1.29, 1.82) is 5.26 Å². The van der Waals surface area contributed by atoms with Crippen LogP contribution >= 0.6 is 0 Å². The minimum Gasteiger partial charge on any atom is -0.493 e. The predicted octanol–water partition coefficient (Wildman–Crippen LogP) is 3.03. The van der Waals surface area contributed by atoms with Gasteiger partial charge in [0.25, 0.3) is 5.91 Å². The highest BCUT2D eigenvalue weighted by molar-refractivity contribution is 5.92. The van der Waals surface area contributed by atoms with E-state index in [2.05, 4.69) is 5.32 Å². The van der Waals surface area contributed by atoms with Crippen LogP contribution in [0.3, 0.4) is 0 Å². The summed E-state index contributed by atoms with van der Waals surface area (Å²) in [6.07, 6.45) is 0. The Hall–Kier alpha value is -3.07. The van der Waals surface area contributed by atoms with Crippen LogP contribution < -0.4 is 14.8 Å². The summed E-state index contributed by atoms with van der Waals surface area (Å²) in [6.45, 7) is 1.49. The van der Waals surface area contributed by atoms with Gasteiger partial charge in [-0.1, -0.05) is 6.07 Å². The van der Waals surface area contributed by atoms with Crippen molar-refractivity contribution in [3.63, 3.8) is 0 Å². The van der Waals surface area contributed by atoms with E-state index in [1.54, 1.807) is 19.1 Å². The van der Waals surface area contributed by atoms with Crippen LogP contribution in [0.2, 0.25) is 0 Å². The molecule has 0 atom stereocenters. The van der Waals surface area contributed by atoms with Crippen molar-refractivity contribution < 1.29 is 18.7 Å². The minimum absolute atomic E-state index is 0.102. The number of anilines is 1. The van der Waals surface area contributed by atoms with Crippen LogP contribution in [0.25, 0.3) is 0 Å². The fourth-order valence-corrected chi connectivity index (χ4v) is 1.92. The maximum atomic E-state index is 13.6. The number of carbonyl (C=O) groups excluding carboxylic acids is 1. The Bertz CT molecular complexity index is 769. The van der Waals surface area contributed by atoms with Crippen LogP contribution in [-0.4, -0.2) is 19.6 Å². The lowest BCUT2D eigenvalue weighted by Gasteiger charge is -2.11. The van der Waals surface area contributed by atoms with Crippen molar-refractivity contribution in [1.82, 2.24) is 0 Å². The van der Waals surface area contributed by atoms with E-state index in [1.807, 2.05) is 6.07 Å². The lowest BCUT2D eigenvalue weighted by atomic mass is 10.2. The second-order valence-electron chi connectivity index (χ2n) is 4.80. The van der Waals surface area contributed by atoms with Gasteiger partial charge < -0.3 is 14.8 Å². The van der Waals surface area contributed by atoms with Crippen LogP contribution in [0.15, 0.2) is 36.4 Å². The van der Waals surface area contributed by atoms with Crippen molar-refractivity contribution >= 4 is 11.6 Å². The summed E-state index contributed by atoms with van der Waals surface area (Å²) >= 11 is 0. The molecule has 1 N–H and O–H groups in total. The number of aryl methyl sites for hydroxylation is 1. The van der Waals surface area contributed by atoms with Gasteiger partial charge in [0.15, 0.2) is 18.1 Å². The van der Waals surface area contributed by atoms with Crippen molar-refractivity contribution in [3.8, 4) is 17.6 Å². The second-order valence-corrected chi connectivity index (χ2v) is 4.80. The number of nitrogens with zero attached hydrogens (tertiary/aromatic N) is 1. The molecule has 0 unspecified atom stereocenters. The van der Waals surface area contributed by atoms with Crippen LogP contribution in [0, 0.1) is 24.1 Å². The number of ether oxygens (including phenoxy) is 2. The average molecular weight is 314 g/mol. The molecule has 118 valence electrons. The maximum absolute atomic E-state index is 13.6. The zero-order valence-electron chi connectivity index (χ0n) is 12.7. The fraction of sp³-hybridized carbons (Fsp3) is 0.176. The summed E-state index contributed by atoms with van der Waals surface area (Å²) < 4.78 is 24.1. The molecule has 0 spiro atoms. The normalized spacial score (nSPS) is 9.83. The third-order valence-electron chi connectivity index (χ3n) is 3.05. The van der Waals surface area contributed by atoms with Gasteiger partial charge in [-0.05, 0) is 36.8 Å². The molecule has 0 saturated carbocycles. The Morgan fingerprint density at radius 2 is 2.04 bits per heavy atom. The molecule has 0 aliphatic rings. The molecule has 0 heterocycles. The molecular formula is C17H15FN2O3. The summed E-state index contributed by atoms with van der Waals surface area (Å²) in [5, 5.41) is 11.3. The molecule has 0 aliphatic carbocycles. The Morgan fingerprint density at radius 3 is 2.74 bits per heavy atom. The molecule has 2 aromatic carbocycles. The summed E-state index contributed by atoms with van der Waals surface area (Å²) in [4.78, 5) is 11.9. The van der Waals surface area contributed by atoms with Gasteiger partial charge in [-0.25, -0.2) is 4.39 Å². The molecule has 23 heavy (non-hydrogen) atoms. The Morgan fingerprint density at radius 1 is 1.26 bits per heavy atom. The molecular weight excluding hydrogens is 299 g/mol. The lowest BCUT2D eigenvalue weighted by molar-refractivity contribution is -0.118. The second kappa shape index (κ2) is 7.27. The Balaban J connectivity index is 2.02. The lowest BCUT2D eigenvalue weighted by Crippen LogP contribution is -2.21. The van der Waals surface area contributed by atoms with Crippen LogP contribution in [0.5, 0.6) is 11.5 Å². The fourth-order valence-electron chi connectivity index (χ4n) is 1.92. The Labute approximate surface area is 133 Å². The number of methoxy groups -OCH3 is 1.